The molecular weight excluding hydrogens is 435 g/mol. The number of methoxy groups -OCH3 is 1. The fraction of sp³-hybridized carbons (Fsp3) is 0.308. The van der Waals surface area contributed by atoms with E-state index in [1.165, 1.54) is 12.3 Å². The van der Waals surface area contributed by atoms with Gasteiger partial charge in [-0.1, -0.05) is 55.5 Å². The average Bonchev–Trinajstić information content (AvgIpc) is 2.84. The molecule has 0 aliphatic carbocycles. The Morgan fingerprint density at radius 3 is 2.79 bits per heavy atom. The van der Waals surface area contributed by atoms with Crippen molar-refractivity contribution in [1.82, 2.24) is 10.3 Å². The van der Waals surface area contributed by atoms with Crippen LogP contribution in [0.3, 0.4) is 0 Å². The summed E-state index contributed by atoms with van der Waals surface area (Å²) in [5.41, 5.74) is 3.38. The second kappa shape index (κ2) is 10.5. The first-order valence-corrected chi connectivity index (χ1v) is 11.3. The number of benzene rings is 2. The zero-order valence-electron chi connectivity index (χ0n) is 19.2. The number of carbonyl (C=O) groups is 1. The highest BCUT2D eigenvalue weighted by Crippen LogP contribution is 2.32. The molecule has 0 amide bonds. The summed E-state index contributed by atoms with van der Waals surface area (Å²) in [4.78, 5) is 15.5. The molecule has 0 unspecified atom stereocenters. The van der Waals surface area contributed by atoms with E-state index in [0.29, 0.717) is 35.9 Å². The summed E-state index contributed by atoms with van der Waals surface area (Å²) in [7, 11) is 1.57. The molecule has 0 saturated heterocycles. The Balaban J connectivity index is 1.54. The Labute approximate surface area is 198 Å². The highest BCUT2D eigenvalue weighted by molar-refractivity contribution is 5.72. The molecule has 2 heterocycles. The van der Waals surface area contributed by atoms with Gasteiger partial charge in [0.2, 0.25) is 0 Å². The summed E-state index contributed by atoms with van der Waals surface area (Å²) in [6.07, 6.45) is 1.12. The molecule has 0 spiro atoms. The number of halogens is 1. The van der Waals surface area contributed by atoms with Crippen molar-refractivity contribution < 1.29 is 19.0 Å². The van der Waals surface area contributed by atoms with Crippen molar-refractivity contribution in [2.45, 2.75) is 31.3 Å². The van der Waals surface area contributed by atoms with E-state index in [2.05, 4.69) is 40.0 Å². The van der Waals surface area contributed by atoms with Gasteiger partial charge in [-0.3, -0.25) is 4.79 Å². The van der Waals surface area contributed by atoms with Crippen molar-refractivity contribution in [3.8, 4) is 5.75 Å². The normalized spacial score (nSPS) is 16.5. The molecule has 1 aliphatic rings. The maximum Gasteiger partial charge on any atom is 0.307 e. The predicted molar refractivity (Wildman–Crippen MR) is 130 cm³/mol. The summed E-state index contributed by atoms with van der Waals surface area (Å²) >= 11 is 0. The minimum absolute atomic E-state index is 0.0275. The lowest BCUT2D eigenvalue weighted by atomic mass is 9.93. The number of para-hydroxylation sites is 1. The van der Waals surface area contributed by atoms with Crippen LogP contribution in [-0.4, -0.2) is 42.3 Å². The molecule has 0 radical (unpaired) electrons. The number of hydrogen-bond acceptors (Lipinski definition) is 6. The number of carboxylic acids is 1. The van der Waals surface area contributed by atoms with E-state index < -0.39 is 5.97 Å². The summed E-state index contributed by atoms with van der Waals surface area (Å²) in [5, 5.41) is 19.7. The Morgan fingerprint density at radius 2 is 2.06 bits per heavy atom. The van der Waals surface area contributed by atoms with Crippen LogP contribution in [0.2, 0.25) is 0 Å². The van der Waals surface area contributed by atoms with Crippen molar-refractivity contribution in [2.24, 2.45) is 0 Å². The van der Waals surface area contributed by atoms with E-state index in [1.54, 1.807) is 13.2 Å². The van der Waals surface area contributed by atoms with Crippen molar-refractivity contribution in [3.05, 3.63) is 83.3 Å². The van der Waals surface area contributed by atoms with Gasteiger partial charge < -0.3 is 25.8 Å². The number of rotatable bonds is 9. The molecule has 7 nitrogen and oxygen atoms in total. The molecule has 2 aromatic carbocycles. The van der Waals surface area contributed by atoms with Gasteiger partial charge in [-0.05, 0) is 17.0 Å². The molecule has 4 N–H and O–H groups in total. The van der Waals surface area contributed by atoms with Crippen molar-refractivity contribution in [1.29, 1.82) is 0 Å². The van der Waals surface area contributed by atoms with E-state index >= 15 is 0 Å². The van der Waals surface area contributed by atoms with Gasteiger partial charge in [0.05, 0.1) is 37.5 Å². The van der Waals surface area contributed by atoms with Crippen molar-refractivity contribution >= 4 is 17.5 Å². The van der Waals surface area contributed by atoms with E-state index in [9.17, 15) is 14.3 Å². The van der Waals surface area contributed by atoms with Crippen LogP contribution in [0.1, 0.15) is 35.6 Å². The summed E-state index contributed by atoms with van der Waals surface area (Å²) in [5.74, 6) is 0.0302. The largest absolute Gasteiger partial charge is 0.496 e. The third kappa shape index (κ3) is 5.28. The topological polar surface area (TPSA) is 95.5 Å². The molecule has 178 valence electrons. The maximum atomic E-state index is 13.6. The number of fused-ring (bicyclic) bond motifs is 1. The van der Waals surface area contributed by atoms with E-state index in [4.69, 9.17) is 4.74 Å². The van der Waals surface area contributed by atoms with E-state index in [0.717, 1.165) is 11.1 Å². The quantitative estimate of drug-likeness (QED) is 0.377. The van der Waals surface area contributed by atoms with Gasteiger partial charge in [0, 0.05) is 24.7 Å². The van der Waals surface area contributed by atoms with Crippen LogP contribution in [0.15, 0.2) is 60.8 Å². The van der Waals surface area contributed by atoms with Crippen LogP contribution in [0.5, 0.6) is 5.75 Å². The Kier molecular flexibility index (Phi) is 7.27. The van der Waals surface area contributed by atoms with Crippen molar-refractivity contribution in [2.75, 3.05) is 30.8 Å². The number of aliphatic carboxylic acids is 1. The third-order valence-corrected chi connectivity index (χ3v) is 6.10. The lowest BCUT2D eigenvalue weighted by Crippen LogP contribution is -2.45. The molecule has 1 aliphatic heterocycles. The summed E-state index contributed by atoms with van der Waals surface area (Å²) in [6.45, 7) is 3.31. The number of nitrogens with zero attached hydrogens (tertiary/aromatic N) is 1. The third-order valence-electron chi connectivity index (χ3n) is 6.10. The summed E-state index contributed by atoms with van der Waals surface area (Å²) in [6, 6.07) is 17.1. The summed E-state index contributed by atoms with van der Waals surface area (Å²) < 4.78 is 19.2. The number of aromatic nitrogens is 1. The Bertz CT molecular complexity index is 1140. The van der Waals surface area contributed by atoms with Crippen LogP contribution in [0.25, 0.3) is 0 Å². The molecule has 1 aromatic heterocycles. The first-order chi connectivity index (χ1) is 16.5. The highest BCUT2D eigenvalue weighted by atomic mass is 19.1. The second-order valence-electron chi connectivity index (χ2n) is 8.49. The minimum Gasteiger partial charge on any atom is -0.496 e. The monoisotopic (exact) mass is 464 g/mol. The lowest BCUT2D eigenvalue weighted by Gasteiger charge is -2.35. The molecule has 0 saturated carbocycles. The van der Waals surface area contributed by atoms with Crippen LogP contribution >= 0.6 is 0 Å². The van der Waals surface area contributed by atoms with Gasteiger partial charge in [0.15, 0.2) is 0 Å². The fourth-order valence-electron chi connectivity index (χ4n) is 4.45. The molecule has 4 rings (SSSR count). The maximum absolute atomic E-state index is 13.6. The smallest absolute Gasteiger partial charge is 0.307 e. The van der Waals surface area contributed by atoms with Crippen LogP contribution in [0, 0.1) is 5.82 Å². The molecule has 3 atom stereocenters. The van der Waals surface area contributed by atoms with Gasteiger partial charge in [0.25, 0.3) is 0 Å². The zero-order chi connectivity index (χ0) is 24.1. The van der Waals surface area contributed by atoms with Gasteiger partial charge >= 0.3 is 5.97 Å². The van der Waals surface area contributed by atoms with Crippen LogP contribution < -0.4 is 20.7 Å². The number of anilines is 2. The number of pyridine rings is 1. The predicted octanol–water partition coefficient (Wildman–Crippen LogP) is 4.20. The molecule has 0 bridgehead atoms. The number of ether oxygens (including phenoxy) is 1. The molecule has 34 heavy (non-hydrogen) atoms. The molecular formula is C26H29FN4O3. The Morgan fingerprint density at radius 1 is 1.26 bits per heavy atom. The highest BCUT2D eigenvalue weighted by Gasteiger charge is 2.28. The SMILES string of the molecule is COc1c(CC(=O)O)cccc1[C@@H](C)CN[C@H](c1ccccc1)[C@H]1CNc2cc(F)cnc2N1. The fourth-order valence-corrected chi connectivity index (χ4v) is 4.45. The van der Waals surface area contributed by atoms with Gasteiger partial charge in [0.1, 0.15) is 17.4 Å². The molecule has 0 fully saturated rings. The number of carboxylic acid groups (broad SMARTS) is 1. The second-order valence-corrected chi connectivity index (χ2v) is 8.49. The van der Waals surface area contributed by atoms with Crippen LogP contribution in [0.4, 0.5) is 15.9 Å². The standard InChI is InChI=1S/C26H29FN4O3/c1-16(20-10-6-9-18(11-23(32)33)25(20)34-2)13-29-24(17-7-4-3-5-8-17)22-15-28-21-12-19(27)14-30-26(21)31-22/h3-10,12,14,16,22,24,28-29H,11,13,15H2,1-2H3,(H,30,31)(H,32,33)/t16-,22+,24+/m0/s1. The molecule has 3 aromatic rings. The van der Waals surface area contributed by atoms with Gasteiger partial charge in [-0.2, -0.15) is 0 Å². The van der Waals surface area contributed by atoms with Crippen molar-refractivity contribution in [3.63, 3.8) is 0 Å². The molecule has 8 heteroatoms. The first kappa shape index (κ1) is 23.5. The van der Waals surface area contributed by atoms with Gasteiger partial charge in [-0.15, -0.1) is 0 Å². The average molecular weight is 465 g/mol. The number of hydrogen-bond donors (Lipinski definition) is 4. The van der Waals surface area contributed by atoms with Crippen LogP contribution in [-0.2, 0) is 11.2 Å². The van der Waals surface area contributed by atoms with E-state index in [1.807, 2.05) is 30.3 Å². The van der Waals surface area contributed by atoms with Gasteiger partial charge in [-0.25, -0.2) is 9.37 Å². The van der Waals surface area contributed by atoms with E-state index in [-0.39, 0.29) is 30.2 Å². The number of nitrogens with one attached hydrogen (secondary N) is 3. The Hall–Kier alpha value is -3.65. The lowest BCUT2D eigenvalue weighted by molar-refractivity contribution is -0.136. The zero-order valence-corrected chi connectivity index (χ0v) is 19.2. The first-order valence-electron chi connectivity index (χ1n) is 11.3. The minimum atomic E-state index is -0.894.